The molecule has 1 aromatic heterocycles. The Morgan fingerprint density at radius 3 is 2.66 bits per heavy atom. The lowest BCUT2D eigenvalue weighted by Gasteiger charge is -2.31. The maximum absolute atomic E-state index is 11.5. The molecule has 1 saturated heterocycles. The molecule has 10 heteroatoms. The lowest BCUT2D eigenvalue weighted by atomic mass is 9.97. The molecule has 3 rings (SSSR count). The zero-order valence-electron chi connectivity index (χ0n) is 15.9. The van der Waals surface area contributed by atoms with E-state index in [9.17, 15) is 4.79 Å². The molecule has 1 aliphatic rings. The largest absolute Gasteiger partial charge is 0.443 e. The number of rotatable bonds is 6. The molecule has 0 saturated carbocycles. The predicted octanol–water partition coefficient (Wildman–Crippen LogP) is 1.52. The molecule has 0 aliphatic carbocycles. The average Bonchev–Trinajstić information content (AvgIpc) is 2.68. The normalized spacial score (nSPS) is 12.6. The molecule has 1 fully saturated rings. The van der Waals surface area contributed by atoms with Gasteiger partial charge in [0.1, 0.15) is 13.7 Å². The zero-order valence-corrected chi connectivity index (χ0v) is 15.9. The lowest BCUT2D eigenvalue weighted by Crippen LogP contribution is -2.48. The van der Waals surface area contributed by atoms with Crippen molar-refractivity contribution >= 4 is 29.8 Å². The van der Waals surface area contributed by atoms with E-state index in [0.29, 0.717) is 19.0 Å². The van der Waals surface area contributed by atoms with Crippen molar-refractivity contribution in [2.75, 3.05) is 25.1 Å². The van der Waals surface area contributed by atoms with Gasteiger partial charge in [0.05, 0.1) is 18.8 Å². The molecular weight excluding hydrogens is 374 g/mol. The van der Waals surface area contributed by atoms with Gasteiger partial charge in [0.2, 0.25) is 5.95 Å². The van der Waals surface area contributed by atoms with Crippen LogP contribution in [-0.2, 0) is 16.2 Å². The number of amides is 1. The van der Waals surface area contributed by atoms with Gasteiger partial charge in [-0.1, -0.05) is 36.0 Å². The van der Waals surface area contributed by atoms with Crippen molar-refractivity contribution in [2.24, 2.45) is 21.6 Å². The van der Waals surface area contributed by atoms with Crippen LogP contribution >= 0.6 is 0 Å². The average molecular weight is 395 g/mol. The number of hydrogen-bond donors (Lipinski definition) is 2. The van der Waals surface area contributed by atoms with E-state index in [4.69, 9.17) is 21.0 Å². The molecule has 0 radical (unpaired) electrons. The first-order valence-electron chi connectivity index (χ1n) is 8.68. The van der Waals surface area contributed by atoms with Crippen LogP contribution in [0.3, 0.4) is 0 Å². The topological polar surface area (TPSA) is 141 Å². The monoisotopic (exact) mass is 395 g/mol. The first kappa shape index (κ1) is 19.8. The van der Waals surface area contributed by atoms with Crippen molar-refractivity contribution in [3.63, 3.8) is 0 Å². The zero-order chi connectivity index (χ0) is 20.8. The minimum absolute atomic E-state index is 0.000857. The highest BCUT2D eigenvalue weighted by atomic mass is 16.6. The molecule has 1 aliphatic heterocycles. The van der Waals surface area contributed by atoms with Gasteiger partial charge < -0.3 is 25.9 Å². The Hall–Kier alpha value is -3.95. The second kappa shape index (κ2) is 8.83. The highest BCUT2D eigenvalue weighted by Gasteiger charge is 2.25. The third kappa shape index (κ3) is 4.67. The Labute approximate surface area is 167 Å². The number of anilines is 1. The fraction of sp³-hybridized carbons (Fsp3) is 0.211. The fourth-order valence-electron chi connectivity index (χ4n) is 2.86. The summed E-state index contributed by atoms with van der Waals surface area (Å²) in [4.78, 5) is 30.5. The molecule has 10 nitrogen and oxygen atoms in total. The molecule has 1 amide bonds. The number of hydrogen-bond acceptors (Lipinski definition) is 7. The Morgan fingerprint density at radius 2 is 2.03 bits per heavy atom. The Kier molecular flexibility index (Phi) is 6.03. The van der Waals surface area contributed by atoms with E-state index in [0.717, 1.165) is 28.0 Å². The molecule has 2 heterocycles. The molecule has 0 spiro atoms. The molecular formula is C19H21N7O3. The summed E-state index contributed by atoms with van der Waals surface area (Å²) in [5.41, 5.74) is 14.5. The van der Waals surface area contributed by atoms with Crippen LogP contribution < -0.4 is 16.4 Å². The van der Waals surface area contributed by atoms with Crippen LogP contribution in [0.25, 0.3) is 17.2 Å². The highest BCUT2D eigenvalue weighted by Crippen LogP contribution is 2.28. The number of oxime groups is 1. The standard InChI is InChI=1S/C19H21N7O3/c1-3-15-12(11-29-19(27)24-17(20)21)5-4-6-16(15)13-7-22-18(23-8-13)26-9-14(10-26)25-28-2/h3-8H,1,9-11H2,2H3,(H4,20,21,24,27). The maximum atomic E-state index is 11.5. The number of carbonyl (C=O) groups excluding carboxylic acids is 1. The number of carbonyl (C=O) groups is 1. The minimum atomic E-state index is -0.857. The number of aromatic nitrogens is 2. The van der Waals surface area contributed by atoms with Crippen molar-refractivity contribution in [1.29, 1.82) is 0 Å². The SMILES string of the molecule is C=Cc1c(COC(=O)N=C(N)N)cccc1-c1cnc(N2CC(=NOC)C2)nc1. The number of nitrogens with zero attached hydrogens (tertiary/aromatic N) is 5. The first-order chi connectivity index (χ1) is 14.0. The van der Waals surface area contributed by atoms with Gasteiger partial charge in [-0.25, -0.2) is 14.8 Å². The van der Waals surface area contributed by atoms with Crippen molar-refractivity contribution in [3.05, 3.63) is 48.3 Å². The van der Waals surface area contributed by atoms with E-state index in [1.807, 2.05) is 23.1 Å². The number of guanidine groups is 1. The number of benzene rings is 1. The van der Waals surface area contributed by atoms with Crippen molar-refractivity contribution in [1.82, 2.24) is 9.97 Å². The van der Waals surface area contributed by atoms with E-state index in [-0.39, 0.29) is 12.6 Å². The Balaban J connectivity index is 1.77. The summed E-state index contributed by atoms with van der Waals surface area (Å²) in [7, 11) is 1.52. The van der Waals surface area contributed by atoms with Crippen LogP contribution in [0, 0.1) is 0 Å². The smallest absolute Gasteiger partial charge is 0.437 e. The maximum Gasteiger partial charge on any atom is 0.437 e. The number of aliphatic imine (C=N–C) groups is 1. The van der Waals surface area contributed by atoms with Gasteiger partial charge in [-0.3, -0.25) is 0 Å². The summed E-state index contributed by atoms with van der Waals surface area (Å²) in [6.45, 7) is 5.15. The van der Waals surface area contributed by atoms with Crippen molar-refractivity contribution in [2.45, 2.75) is 6.61 Å². The highest BCUT2D eigenvalue weighted by molar-refractivity contribution is 5.98. The first-order valence-corrected chi connectivity index (χ1v) is 8.68. The molecule has 29 heavy (non-hydrogen) atoms. The van der Waals surface area contributed by atoms with E-state index in [2.05, 4.69) is 26.7 Å². The Morgan fingerprint density at radius 1 is 1.31 bits per heavy atom. The molecule has 2 aromatic rings. The second-order valence-corrected chi connectivity index (χ2v) is 6.14. The van der Waals surface area contributed by atoms with Crippen LogP contribution in [0.4, 0.5) is 10.7 Å². The van der Waals surface area contributed by atoms with Crippen LogP contribution in [-0.4, -0.2) is 47.9 Å². The van der Waals surface area contributed by atoms with E-state index >= 15 is 0 Å². The van der Waals surface area contributed by atoms with Gasteiger partial charge in [-0.15, -0.1) is 4.99 Å². The van der Waals surface area contributed by atoms with Crippen LogP contribution in [0.1, 0.15) is 11.1 Å². The minimum Gasteiger partial charge on any atom is -0.443 e. The van der Waals surface area contributed by atoms with Crippen molar-refractivity contribution < 1.29 is 14.4 Å². The van der Waals surface area contributed by atoms with Crippen LogP contribution in [0.2, 0.25) is 0 Å². The molecule has 4 N–H and O–H groups in total. The van der Waals surface area contributed by atoms with Gasteiger partial charge in [0.25, 0.3) is 0 Å². The molecule has 0 unspecified atom stereocenters. The number of ether oxygens (including phenoxy) is 1. The number of nitrogens with two attached hydrogens (primary N) is 2. The predicted molar refractivity (Wildman–Crippen MR) is 110 cm³/mol. The third-order valence-corrected chi connectivity index (χ3v) is 4.17. The molecule has 150 valence electrons. The molecule has 1 aromatic carbocycles. The van der Waals surface area contributed by atoms with Gasteiger partial charge >= 0.3 is 6.09 Å². The lowest BCUT2D eigenvalue weighted by molar-refractivity contribution is 0.150. The summed E-state index contributed by atoms with van der Waals surface area (Å²) < 4.78 is 5.08. The van der Waals surface area contributed by atoms with Gasteiger partial charge in [-0.05, 0) is 16.7 Å². The fourth-order valence-corrected chi connectivity index (χ4v) is 2.86. The summed E-state index contributed by atoms with van der Waals surface area (Å²) in [5, 5.41) is 3.90. The van der Waals surface area contributed by atoms with Crippen LogP contribution in [0.15, 0.2) is 47.3 Å². The van der Waals surface area contributed by atoms with Gasteiger partial charge in [0, 0.05) is 18.0 Å². The summed E-state index contributed by atoms with van der Waals surface area (Å²) in [6.07, 6.45) is 4.32. The van der Waals surface area contributed by atoms with E-state index in [1.54, 1.807) is 18.5 Å². The van der Waals surface area contributed by atoms with Gasteiger partial charge in [-0.2, -0.15) is 0 Å². The molecule has 0 atom stereocenters. The summed E-state index contributed by atoms with van der Waals surface area (Å²) in [5.74, 6) is 0.263. The second-order valence-electron chi connectivity index (χ2n) is 6.14. The van der Waals surface area contributed by atoms with Gasteiger partial charge in [0.15, 0.2) is 5.96 Å². The van der Waals surface area contributed by atoms with E-state index in [1.165, 1.54) is 7.11 Å². The van der Waals surface area contributed by atoms with Crippen LogP contribution in [0.5, 0.6) is 0 Å². The van der Waals surface area contributed by atoms with E-state index < -0.39 is 6.09 Å². The van der Waals surface area contributed by atoms with Crippen molar-refractivity contribution in [3.8, 4) is 11.1 Å². The quantitative estimate of drug-likeness (QED) is 0.426. The summed E-state index contributed by atoms with van der Waals surface area (Å²) in [6, 6.07) is 5.60. The molecule has 0 bridgehead atoms. The Bertz CT molecular complexity index is 958. The third-order valence-electron chi connectivity index (χ3n) is 4.17. The summed E-state index contributed by atoms with van der Waals surface area (Å²) >= 11 is 0.